The van der Waals surface area contributed by atoms with Crippen molar-refractivity contribution in [2.75, 3.05) is 6.61 Å². The number of carbonyl (C=O) groups is 2. The highest BCUT2D eigenvalue weighted by Gasteiger charge is 2.35. The lowest BCUT2D eigenvalue weighted by atomic mass is 9.95. The summed E-state index contributed by atoms with van der Waals surface area (Å²) < 4.78 is 10.8. The van der Waals surface area contributed by atoms with Gasteiger partial charge in [0.05, 0.1) is 22.8 Å². The van der Waals surface area contributed by atoms with Crippen molar-refractivity contribution in [2.45, 2.75) is 31.7 Å². The van der Waals surface area contributed by atoms with E-state index in [1.165, 1.54) is 5.01 Å². The normalized spacial score (nSPS) is 21.9. The molecule has 2 aromatic heterocycles. The van der Waals surface area contributed by atoms with Crippen molar-refractivity contribution in [1.29, 1.82) is 0 Å². The Kier molecular flexibility index (Phi) is 5.20. The highest BCUT2D eigenvalue weighted by atomic mass is 32.1. The number of hydrogen-bond donors (Lipinski definition) is 0. The van der Waals surface area contributed by atoms with E-state index in [0.29, 0.717) is 18.6 Å². The van der Waals surface area contributed by atoms with E-state index in [0.717, 1.165) is 23.4 Å². The number of nitrogens with zero attached hydrogens (tertiary/aromatic N) is 2. The van der Waals surface area contributed by atoms with Gasteiger partial charge in [-0.3, -0.25) is 9.59 Å². The van der Waals surface area contributed by atoms with E-state index < -0.39 is 0 Å². The number of furan rings is 1. The maximum atomic E-state index is 12.7. The lowest BCUT2D eigenvalue weighted by molar-refractivity contribution is -0.156. The van der Waals surface area contributed by atoms with Gasteiger partial charge < -0.3 is 9.15 Å². The lowest BCUT2D eigenvalue weighted by Crippen LogP contribution is -2.32. The second kappa shape index (κ2) is 7.92. The first-order valence-corrected chi connectivity index (χ1v) is 9.89. The molecule has 6 nitrogen and oxygen atoms in total. The van der Waals surface area contributed by atoms with Gasteiger partial charge in [0.15, 0.2) is 6.61 Å². The molecular weight excluding hydrogens is 364 g/mol. The van der Waals surface area contributed by atoms with Gasteiger partial charge in [-0.05, 0) is 42.8 Å². The minimum absolute atomic E-state index is 0.160. The van der Waals surface area contributed by atoms with Crippen LogP contribution in [-0.2, 0) is 14.3 Å². The molecule has 1 aliphatic heterocycles. The molecule has 27 heavy (non-hydrogen) atoms. The molecule has 0 N–H and O–H groups in total. The van der Waals surface area contributed by atoms with Crippen molar-refractivity contribution in [2.24, 2.45) is 11.0 Å². The molecular formula is C20H20N2O4S. The maximum Gasteiger partial charge on any atom is 0.309 e. The minimum Gasteiger partial charge on any atom is -0.467 e. The SMILES string of the molecule is O=C(OCC(=O)N1N=C(c2cccs2)CC1c1ccco1)C1CC=CCC1. The number of carbonyl (C=O) groups excluding carboxylic acids is 2. The molecule has 4 rings (SSSR count). The number of rotatable bonds is 5. The molecule has 2 aliphatic rings. The van der Waals surface area contributed by atoms with Crippen LogP contribution in [0.15, 0.2) is 57.6 Å². The van der Waals surface area contributed by atoms with Crippen molar-refractivity contribution < 1.29 is 18.7 Å². The van der Waals surface area contributed by atoms with E-state index in [-0.39, 0.29) is 30.4 Å². The molecule has 2 atom stereocenters. The molecule has 0 saturated heterocycles. The first-order chi connectivity index (χ1) is 13.2. The van der Waals surface area contributed by atoms with Crippen LogP contribution in [-0.4, -0.2) is 29.2 Å². The molecule has 2 aromatic rings. The van der Waals surface area contributed by atoms with Crippen LogP contribution in [0.1, 0.15) is 42.4 Å². The van der Waals surface area contributed by atoms with Gasteiger partial charge in [0.25, 0.3) is 5.91 Å². The summed E-state index contributed by atoms with van der Waals surface area (Å²) in [7, 11) is 0. The van der Waals surface area contributed by atoms with Gasteiger partial charge in [0.2, 0.25) is 0 Å². The quantitative estimate of drug-likeness (QED) is 0.579. The standard InChI is InChI=1S/C20H20N2O4S/c23-19(13-26-20(24)14-6-2-1-3-7-14)22-16(17-8-4-10-25-17)12-15(21-22)18-9-5-11-27-18/h1-2,4-5,8-11,14,16H,3,6-7,12-13H2. The monoisotopic (exact) mass is 384 g/mol. The average molecular weight is 384 g/mol. The molecule has 1 amide bonds. The van der Waals surface area contributed by atoms with Gasteiger partial charge in [-0.25, -0.2) is 5.01 Å². The largest absolute Gasteiger partial charge is 0.467 e. The Morgan fingerprint density at radius 1 is 1.30 bits per heavy atom. The molecule has 0 fully saturated rings. The van der Waals surface area contributed by atoms with Crippen molar-refractivity contribution in [1.82, 2.24) is 5.01 Å². The fraction of sp³-hybridized carbons (Fsp3) is 0.350. The first kappa shape index (κ1) is 17.7. The molecule has 1 aliphatic carbocycles. The highest BCUT2D eigenvalue weighted by Crippen LogP contribution is 2.34. The van der Waals surface area contributed by atoms with Crippen LogP contribution in [0.2, 0.25) is 0 Å². The predicted molar refractivity (Wildman–Crippen MR) is 101 cm³/mol. The summed E-state index contributed by atoms with van der Waals surface area (Å²) in [6, 6.07) is 7.24. The molecule has 0 aromatic carbocycles. The number of ether oxygens (including phenoxy) is 1. The highest BCUT2D eigenvalue weighted by molar-refractivity contribution is 7.12. The van der Waals surface area contributed by atoms with Crippen LogP contribution < -0.4 is 0 Å². The van der Waals surface area contributed by atoms with Crippen LogP contribution >= 0.6 is 11.3 Å². The van der Waals surface area contributed by atoms with Crippen LogP contribution in [0.5, 0.6) is 0 Å². The second-order valence-electron chi connectivity index (χ2n) is 6.59. The minimum atomic E-state index is -0.345. The van der Waals surface area contributed by atoms with Crippen molar-refractivity contribution >= 4 is 28.9 Å². The Morgan fingerprint density at radius 2 is 2.22 bits per heavy atom. The number of thiophene rings is 1. The van der Waals surface area contributed by atoms with Crippen LogP contribution in [0.3, 0.4) is 0 Å². The number of allylic oxidation sites excluding steroid dienone is 2. The summed E-state index contributed by atoms with van der Waals surface area (Å²) in [6.45, 7) is -0.308. The zero-order chi connectivity index (χ0) is 18.6. The lowest BCUT2D eigenvalue weighted by Gasteiger charge is -2.21. The summed E-state index contributed by atoms with van der Waals surface area (Å²) in [5, 5.41) is 7.87. The van der Waals surface area contributed by atoms with E-state index in [1.54, 1.807) is 23.7 Å². The number of amides is 1. The molecule has 0 bridgehead atoms. The van der Waals surface area contributed by atoms with Crippen LogP contribution in [0, 0.1) is 5.92 Å². The van der Waals surface area contributed by atoms with Gasteiger partial charge in [-0.1, -0.05) is 18.2 Å². The van der Waals surface area contributed by atoms with Gasteiger partial charge in [0.1, 0.15) is 11.8 Å². The molecule has 0 saturated carbocycles. The van der Waals surface area contributed by atoms with Crippen molar-refractivity contribution in [3.8, 4) is 0 Å². The molecule has 140 valence electrons. The molecule has 0 radical (unpaired) electrons. The van der Waals surface area contributed by atoms with Crippen LogP contribution in [0.25, 0.3) is 0 Å². The summed E-state index contributed by atoms with van der Waals surface area (Å²) in [4.78, 5) is 26.0. The van der Waals surface area contributed by atoms with E-state index in [2.05, 4.69) is 11.2 Å². The number of hydrogen-bond acceptors (Lipinski definition) is 6. The summed E-state index contributed by atoms with van der Waals surface area (Å²) in [5.41, 5.74) is 0.837. The van der Waals surface area contributed by atoms with Gasteiger partial charge in [-0.15, -0.1) is 11.3 Å². The zero-order valence-corrected chi connectivity index (χ0v) is 15.6. The Morgan fingerprint density at radius 3 is 2.93 bits per heavy atom. The Labute approximate surface area is 161 Å². The van der Waals surface area contributed by atoms with E-state index in [4.69, 9.17) is 9.15 Å². The second-order valence-corrected chi connectivity index (χ2v) is 7.53. The third kappa shape index (κ3) is 3.88. The fourth-order valence-electron chi connectivity index (χ4n) is 3.36. The maximum absolute atomic E-state index is 12.7. The Balaban J connectivity index is 1.45. The van der Waals surface area contributed by atoms with Gasteiger partial charge in [0, 0.05) is 6.42 Å². The van der Waals surface area contributed by atoms with E-state index >= 15 is 0 Å². The molecule has 0 spiro atoms. The topological polar surface area (TPSA) is 72.1 Å². The first-order valence-electron chi connectivity index (χ1n) is 9.01. The van der Waals surface area contributed by atoms with Crippen molar-refractivity contribution in [3.05, 3.63) is 58.7 Å². The van der Waals surface area contributed by atoms with Gasteiger partial charge >= 0.3 is 5.97 Å². The third-order valence-electron chi connectivity index (χ3n) is 4.78. The van der Waals surface area contributed by atoms with E-state index in [9.17, 15) is 9.59 Å². The Bertz CT molecular complexity index is 855. The Hall–Kier alpha value is -2.67. The van der Waals surface area contributed by atoms with E-state index in [1.807, 2.05) is 29.7 Å². The summed E-state index contributed by atoms with van der Waals surface area (Å²) >= 11 is 1.58. The van der Waals surface area contributed by atoms with Crippen LogP contribution in [0.4, 0.5) is 0 Å². The average Bonchev–Trinajstić information content (AvgIpc) is 3.46. The summed E-state index contributed by atoms with van der Waals surface area (Å²) in [5.74, 6) is -0.151. The third-order valence-corrected chi connectivity index (χ3v) is 5.70. The molecule has 7 heteroatoms. The summed E-state index contributed by atoms with van der Waals surface area (Å²) in [6.07, 6.45) is 8.51. The van der Waals surface area contributed by atoms with Crippen molar-refractivity contribution in [3.63, 3.8) is 0 Å². The zero-order valence-electron chi connectivity index (χ0n) is 14.7. The molecule has 2 unspecified atom stereocenters. The number of esters is 1. The molecule has 3 heterocycles. The predicted octanol–water partition coefficient (Wildman–Crippen LogP) is 3.92. The van der Waals surface area contributed by atoms with Gasteiger partial charge in [-0.2, -0.15) is 5.10 Å². The fourth-order valence-corrected chi connectivity index (χ4v) is 4.08. The number of hydrazone groups is 1. The smallest absolute Gasteiger partial charge is 0.309 e.